The predicted molar refractivity (Wildman–Crippen MR) is 86.5 cm³/mol. The molecule has 0 aliphatic heterocycles. The fourth-order valence-corrected chi connectivity index (χ4v) is 4.04. The van der Waals surface area contributed by atoms with Gasteiger partial charge in [-0.2, -0.15) is 0 Å². The van der Waals surface area contributed by atoms with E-state index in [0.717, 1.165) is 20.2 Å². The van der Waals surface area contributed by atoms with Crippen LogP contribution in [0.2, 0.25) is 0 Å². The summed E-state index contributed by atoms with van der Waals surface area (Å²) >= 11 is 3.07. The maximum absolute atomic E-state index is 14.1. The molecular formula is C15H13FN2OS2. The lowest BCUT2D eigenvalue weighted by molar-refractivity contribution is 0.385. The highest BCUT2D eigenvalue weighted by Gasteiger charge is 2.10. The summed E-state index contributed by atoms with van der Waals surface area (Å²) in [5.41, 5.74) is 8.01. The molecule has 0 atom stereocenters. The average molecular weight is 320 g/mol. The van der Waals surface area contributed by atoms with Crippen LogP contribution in [-0.2, 0) is 5.75 Å². The third-order valence-corrected chi connectivity index (χ3v) is 5.22. The molecule has 0 aliphatic carbocycles. The number of nitrogens with zero attached hydrogens (tertiary/aromatic N) is 1. The second-order valence-electron chi connectivity index (χ2n) is 4.43. The number of hydrogen-bond donors (Lipinski definition) is 1. The van der Waals surface area contributed by atoms with Crippen LogP contribution in [0, 0.1) is 5.82 Å². The average Bonchev–Trinajstić information content (AvgIpc) is 2.88. The Morgan fingerprint density at radius 2 is 2.19 bits per heavy atom. The van der Waals surface area contributed by atoms with Gasteiger partial charge in [-0.3, -0.25) is 0 Å². The second kappa shape index (κ2) is 5.91. The topological polar surface area (TPSA) is 48.1 Å². The number of nitrogen functional groups attached to an aromatic ring is 1. The summed E-state index contributed by atoms with van der Waals surface area (Å²) < 4.78 is 21.0. The van der Waals surface area contributed by atoms with Crippen LogP contribution < -0.4 is 10.5 Å². The van der Waals surface area contributed by atoms with Gasteiger partial charge in [0.15, 0.2) is 15.9 Å². The highest BCUT2D eigenvalue weighted by atomic mass is 32.2. The van der Waals surface area contributed by atoms with E-state index in [1.54, 1.807) is 29.5 Å². The first kappa shape index (κ1) is 14.2. The fourth-order valence-electron chi connectivity index (χ4n) is 1.95. The molecule has 3 aromatic rings. The number of methoxy groups -OCH3 is 1. The van der Waals surface area contributed by atoms with Gasteiger partial charge in [0.25, 0.3) is 0 Å². The number of anilines is 1. The molecule has 0 saturated heterocycles. The summed E-state index contributed by atoms with van der Waals surface area (Å²) in [5.74, 6) is 0.473. The molecule has 0 unspecified atom stereocenters. The Kier molecular flexibility index (Phi) is 3.98. The SMILES string of the molecule is COc1cccc(CSc2nc3ccc(N)cc3s2)c1F. The van der Waals surface area contributed by atoms with E-state index in [4.69, 9.17) is 10.5 Å². The third-order valence-electron chi connectivity index (χ3n) is 3.01. The van der Waals surface area contributed by atoms with Gasteiger partial charge in [-0.1, -0.05) is 23.9 Å². The van der Waals surface area contributed by atoms with Crippen LogP contribution >= 0.6 is 23.1 Å². The summed E-state index contributed by atoms with van der Waals surface area (Å²) in [5, 5.41) is 0. The highest BCUT2D eigenvalue weighted by molar-refractivity contribution is 8.00. The molecule has 3 nitrogen and oxygen atoms in total. The molecule has 1 heterocycles. The molecule has 0 amide bonds. The van der Waals surface area contributed by atoms with E-state index in [2.05, 4.69) is 4.98 Å². The van der Waals surface area contributed by atoms with Crippen molar-refractivity contribution in [2.75, 3.05) is 12.8 Å². The molecule has 108 valence electrons. The van der Waals surface area contributed by atoms with Crippen molar-refractivity contribution in [2.45, 2.75) is 10.1 Å². The summed E-state index contributed by atoms with van der Waals surface area (Å²) in [6.07, 6.45) is 0. The van der Waals surface area contributed by atoms with Gasteiger partial charge in [0, 0.05) is 17.0 Å². The quantitative estimate of drug-likeness (QED) is 0.574. The van der Waals surface area contributed by atoms with Gasteiger partial charge in [-0.05, 0) is 24.3 Å². The van der Waals surface area contributed by atoms with E-state index < -0.39 is 0 Å². The lowest BCUT2D eigenvalue weighted by Gasteiger charge is -2.05. The summed E-state index contributed by atoms with van der Waals surface area (Å²) in [6.45, 7) is 0. The number of hydrogen-bond acceptors (Lipinski definition) is 5. The number of benzene rings is 2. The molecule has 0 saturated carbocycles. The number of thioether (sulfide) groups is 1. The van der Waals surface area contributed by atoms with E-state index in [1.165, 1.54) is 18.9 Å². The van der Waals surface area contributed by atoms with Gasteiger partial charge >= 0.3 is 0 Å². The van der Waals surface area contributed by atoms with Crippen molar-refractivity contribution in [3.8, 4) is 5.75 Å². The monoisotopic (exact) mass is 320 g/mol. The van der Waals surface area contributed by atoms with Gasteiger partial charge in [0.05, 0.1) is 17.3 Å². The maximum atomic E-state index is 14.1. The van der Waals surface area contributed by atoms with Crippen molar-refractivity contribution in [2.24, 2.45) is 0 Å². The Bertz CT molecular complexity index is 788. The molecule has 1 aromatic heterocycles. The zero-order valence-corrected chi connectivity index (χ0v) is 12.9. The molecular weight excluding hydrogens is 307 g/mol. The molecule has 21 heavy (non-hydrogen) atoms. The molecule has 0 bridgehead atoms. The number of aromatic nitrogens is 1. The van der Waals surface area contributed by atoms with E-state index in [9.17, 15) is 4.39 Å². The van der Waals surface area contributed by atoms with Crippen molar-refractivity contribution in [3.05, 3.63) is 47.8 Å². The molecule has 2 N–H and O–H groups in total. The van der Waals surface area contributed by atoms with Gasteiger partial charge < -0.3 is 10.5 Å². The Hall–Kier alpha value is -1.79. The Balaban J connectivity index is 1.80. The van der Waals surface area contributed by atoms with Crippen molar-refractivity contribution in [1.29, 1.82) is 0 Å². The lowest BCUT2D eigenvalue weighted by Crippen LogP contribution is -1.93. The van der Waals surface area contributed by atoms with Crippen molar-refractivity contribution >= 4 is 39.0 Å². The predicted octanol–water partition coefficient (Wildman–Crippen LogP) is 4.32. The van der Waals surface area contributed by atoms with E-state index in [-0.39, 0.29) is 11.6 Å². The normalized spacial score (nSPS) is 11.0. The largest absolute Gasteiger partial charge is 0.494 e. The third kappa shape index (κ3) is 2.96. The molecule has 0 aliphatic rings. The van der Waals surface area contributed by atoms with Crippen molar-refractivity contribution < 1.29 is 9.13 Å². The summed E-state index contributed by atoms with van der Waals surface area (Å²) in [4.78, 5) is 4.51. The fraction of sp³-hybridized carbons (Fsp3) is 0.133. The van der Waals surface area contributed by atoms with Crippen molar-refractivity contribution in [3.63, 3.8) is 0 Å². The number of rotatable bonds is 4. The molecule has 6 heteroatoms. The summed E-state index contributed by atoms with van der Waals surface area (Å²) in [7, 11) is 1.47. The number of nitrogens with two attached hydrogens (primary N) is 1. The van der Waals surface area contributed by atoms with E-state index in [1.807, 2.05) is 18.2 Å². The van der Waals surface area contributed by atoms with Crippen LogP contribution in [0.25, 0.3) is 10.2 Å². The Morgan fingerprint density at radius 1 is 1.33 bits per heavy atom. The van der Waals surface area contributed by atoms with Crippen molar-refractivity contribution in [1.82, 2.24) is 4.98 Å². The van der Waals surface area contributed by atoms with Gasteiger partial charge in [0.1, 0.15) is 0 Å². The van der Waals surface area contributed by atoms with E-state index in [0.29, 0.717) is 11.3 Å². The maximum Gasteiger partial charge on any atom is 0.169 e. The number of fused-ring (bicyclic) bond motifs is 1. The van der Waals surface area contributed by atoms with Crippen LogP contribution in [-0.4, -0.2) is 12.1 Å². The number of halogens is 1. The number of ether oxygens (including phenoxy) is 1. The zero-order chi connectivity index (χ0) is 14.8. The standard InChI is InChI=1S/C15H13FN2OS2/c1-19-12-4-2-3-9(14(12)16)8-20-15-18-11-6-5-10(17)7-13(11)21-15/h2-7H,8,17H2,1H3. The smallest absolute Gasteiger partial charge is 0.169 e. The Morgan fingerprint density at radius 3 is 3.00 bits per heavy atom. The van der Waals surface area contributed by atoms with E-state index >= 15 is 0 Å². The van der Waals surface area contributed by atoms with Crippen LogP contribution in [0.15, 0.2) is 40.7 Å². The summed E-state index contributed by atoms with van der Waals surface area (Å²) in [6, 6.07) is 10.8. The lowest BCUT2D eigenvalue weighted by atomic mass is 10.2. The Labute approximate surface area is 130 Å². The molecule has 3 rings (SSSR count). The minimum absolute atomic E-state index is 0.269. The number of thiazole rings is 1. The first-order valence-corrected chi connectivity index (χ1v) is 8.08. The molecule has 0 spiro atoms. The van der Waals surface area contributed by atoms with Crippen LogP contribution in [0.3, 0.4) is 0 Å². The van der Waals surface area contributed by atoms with Gasteiger partial charge in [-0.25, -0.2) is 9.37 Å². The molecule has 2 aromatic carbocycles. The van der Waals surface area contributed by atoms with Gasteiger partial charge in [0.2, 0.25) is 0 Å². The second-order valence-corrected chi connectivity index (χ2v) is 6.68. The van der Waals surface area contributed by atoms with Crippen LogP contribution in [0.1, 0.15) is 5.56 Å². The van der Waals surface area contributed by atoms with Crippen LogP contribution in [0.4, 0.5) is 10.1 Å². The minimum Gasteiger partial charge on any atom is -0.494 e. The highest BCUT2D eigenvalue weighted by Crippen LogP contribution is 2.33. The zero-order valence-electron chi connectivity index (χ0n) is 11.3. The molecule has 0 radical (unpaired) electrons. The first-order valence-electron chi connectivity index (χ1n) is 6.27. The van der Waals surface area contributed by atoms with Crippen LogP contribution in [0.5, 0.6) is 5.75 Å². The molecule has 0 fully saturated rings. The first-order chi connectivity index (χ1) is 10.2. The minimum atomic E-state index is -0.308. The van der Waals surface area contributed by atoms with Gasteiger partial charge in [-0.15, -0.1) is 11.3 Å².